The summed E-state index contributed by atoms with van der Waals surface area (Å²) in [5.74, 6) is -1.42. The van der Waals surface area contributed by atoms with Crippen LogP contribution in [0.1, 0.15) is 47.0 Å². The number of hydrogen-bond donors (Lipinski definition) is 2. The Labute approximate surface area is 164 Å². The highest BCUT2D eigenvalue weighted by Gasteiger charge is 2.31. The van der Waals surface area contributed by atoms with Crippen LogP contribution in [0.2, 0.25) is 0 Å². The number of benzene rings is 1. The van der Waals surface area contributed by atoms with Gasteiger partial charge in [-0.05, 0) is 43.9 Å². The molecule has 0 bridgehead atoms. The summed E-state index contributed by atoms with van der Waals surface area (Å²) in [6, 6.07) is 5.68. The van der Waals surface area contributed by atoms with E-state index < -0.39 is 12.3 Å². The van der Waals surface area contributed by atoms with E-state index in [0.29, 0.717) is 17.8 Å². The van der Waals surface area contributed by atoms with Crippen molar-refractivity contribution in [2.24, 2.45) is 0 Å². The molecule has 1 aromatic carbocycles. The molecule has 2 atom stereocenters. The van der Waals surface area contributed by atoms with Crippen LogP contribution in [0.15, 0.2) is 30.5 Å². The van der Waals surface area contributed by atoms with E-state index in [2.05, 4.69) is 20.3 Å². The van der Waals surface area contributed by atoms with Crippen molar-refractivity contribution in [2.45, 2.75) is 44.8 Å². The topological polar surface area (TPSA) is 93.6 Å². The Bertz CT molecular complexity index is 859. The molecule has 0 saturated carbocycles. The smallest absolute Gasteiger partial charge is 0.476 e. The van der Waals surface area contributed by atoms with Crippen molar-refractivity contribution in [3.8, 4) is 5.75 Å². The lowest BCUT2D eigenvalue weighted by Gasteiger charge is -2.31. The van der Waals surface area contributed by atoms with Crippen LogP contribution in [0.3, 0.4) is 0 Å². The van der Waals surface area contributed by atoms with Crippen LogP contribution in [-0.2, 0) is 4.74 Å². The first kappa shape index (κ1) is 20.8. The van der Waals surface area contributed by atoms with Gasteiger partial charge in [0.2, 0.25) is 0 Å². The zero-order chi connectivity index (χ0) is 21.0. The quantitative estimate of drug-likeness (QED) is 0.739. The van der Waals surface area contributed by atoms with E-state index in [4.69, 9.17) is 9.84 Å². The Balaban J connectivity index is 1.60. The third-order valence-electron chi connectivity index (χ3n) is 4.66. The number of ether oxygens (including phenoxy) is 2. The molecule has 1 aromatic heterocycles. The second-order valence-electron chi connectivity index (χ2n) is 6.71. The van der Waals surface area contributed by atoms with Crippen LogP contribution in [0, 0.1) is 6.92 Å². The van der Waals surface area contributed by atoms with Crippen molar-refractivity contribution >= 4 is 11.7 Å². The minimum Gasteiger partial charge on any atom is -0.476 e. The number of nitrogens with zero attached hydrogens (tertiary/aromatic N) is 2. The van der Waals surface area contributed by atoms with Gasteiger partial charge in [0, 0.05) is 12.1 Å². The maximum Gasteiger partial charge on any atom is 0.573 e. The summed E-state index contributed by atoms with van der Waals surface area (Å²) >= 11 is 0. The van der Waals surface area contributed by atoms with Crippen molar-refractivity contribution in [3.63, 3.8) is 0 Å². The molecule has 2 heterocycles. The molecule has 7 nitrogen and oxygen atoms in total. The molecule has 2 aromatic rings. The third kappa shape index (κ3) is 5.57. The largest absolute Gasteiger partial charge is 0.573 e. The predicted octanol–water partition coefficient (Wildman–Crippen LogP) is 4.10. The lowest BCUT2D eigenvalue weighted by molar-refractivity contribution is -0.274. The van der Waals surface area contributed by atoms with Gasteiger partial charge in [0.15, 0.2) is 5.69 Å². The van der Waals surface area contributed by atoms with E-state index in [1.807, 2.05) is 0 Å². The van der Waals surface area contributed by atoms with E-state index in [1.54, 1.807) is 19.1 Å². The number of aromatic carboxylic acids is 1. The van der Waals surface area contributed by atoms with Crippen molar-refractivity contribution in [1.82, 2.24) is 10.2 Å². The number of carboxylic acid groups (broad SMARTS) is 1. The molecule has 10 heteroatoms. The van der Waals surface area contributed by atoms with Gasteiger partial charge in [-0.25, -0.2) is 4.79 Å². The average Bonchev–Trinajstić information content (AvgIpc) is 2.66. The summed E-state index contributed by atoms with van der Waals surface area (Å²) in [5, 5.41) is 19.6. The lowest BCUT2D eigenvalue weighted by Crippen LogP contribution is -2.29. The van der Waals surface area contributed by atoms with Crippen molar-refractivity contribution in [3.05, 3.63) is 47.3 Å². The summed E-state index contributed by atoms with van der Waals surface area (Å²) in [6.45, 7) is 2.09. The van der Waals surface area contributed by atoms with Gasteiger partial charge in [0.25, 0.3) is 0 Å². The summed E-state index contributed by atoms with van der Waals surface area (Å²) in [4.78, 5) is 11.2. The molecule has 156 valence electrons. The zero-order valence-corrected chi connectivity index (χ0v) is 15.6. The van der Waals surface area contributed by atoms with E-state index in [-0.39, 0.29) is 23.7 Å². The maximum atomic E-state index is 12.3. The first-order valence-corrected chi connectivity index (χ1v) is 9.03. The number of alkyl halides is 3. The first-order valence-electron chi connectivity index (χ1n) is 9.03. The number of carboxylic acids is 1. The van der Waals surface area contributed by atoms with Gasteiger partial charge in [0.1, 0.15) is 5.75 Å². The molecule has 1 saturated heterocycles. The SMILES string of the molecule is Cc1c(NC[C@H]2CCC[C@@H](c3ccc(OC(F)(F)F)cc3)O2)cnnc1C(=O)O. The van der Waals surface area contributed by atoms with Gasteiger partial charge >= 0.3 is 12.3 Å². The van der Waals surface area contributed by atoms with Crippen LogP contribution >= 0.6 is 0 Å². The Morgan fingerprint density at radius 3 is 2.69 bits per heavy atom. The average molecular weight is 411 g/mol. The molecule has 0 unspecified atom stereocenters. The number of nitrogens with one attached hydrogen (secondary N) is 1. The van der Waals surface area contributed by atoms with E-state index in [9.17, 15) is 18.0 Å². The Morgan fingerprint density at radius 1 is 1.31 bits per heavy atom. The minimum absolute atomic E-state index is 0.112. The minimum atomic E-state index is -4.72. The fourth-order valence-electron chi connectivity index (χ4n) is 3.23. The van der Waals surface area contributed by atoms with Crippen LogP contribution < -0.4 is 10.1 Å². The number of carbonyl (C=O) groups is 1. The molecule has 0 radical (unpaired) electrons. The van der Waals surface area contributed by atoms with E-state index in [0.717, 1.165) is 24.8 Å². The molecule has 0 aliphatic carbocycles. The normalized spacial score (nSPS) is 19.6. The molecule has 3 rings (SSSR count). The third-order valence-corrected chi connectivity index (χ3v) is 4.66. The van der Waals surface area contributed by atoms with Crippen LogP contribution in [-0.4, -0.2) is 40.3 Å². The molecule has 0 amide bonds. The molecular formula is C19H20F3N3O4. The molecule has 1 aliphatic rings. The molecule has 2 N–H and O–H groups in total. The zero-order valence-electron chi connectivity index (χ0n) is 15.6. The van der Waals surface area contributed by atoms with Crippen LogP contribution in [0.25, 0.3) is 0 Å². The van der Waals surface area contributed by atoms with Gasteiger partial charge in [-0.3, -0.25) is 0 Å². The second-order valence-corrected chi connectivity index (χ2v) is 6.71. The summed E-state index contributed by atoms with van der Waals surface area (Å²) < 4.78 is 46.8. The number of rotatable bonds is 6. The number of aromatic nitrogens is 2. The van der Waals surface area contributed by atoms with Gasteiger partial charge in [-0.1, -0.05) is 12.1 Å². The van der Waals surface area contributed by atoms with Crippen molar-refractivity contribution in [1.29, 1.82) is 0 Å². The molecule has 1 fully saturated rings. The Hall–Kier alpha value is -2.88. The maximum absolute atomic E-state index is 12.3. The van der Waals surface area contributed by atoms with Crippen LogP contribution in [0.5, 0.6) is 5.75 Å². The monoisotopic (exact) mass is 411 g/mol. The molecular weight excluding hydrogens is 391 g/mol. The van der Waals surface area contributed by atoms with Crippen molar-refractivity contribution in [2.75, 3.05) is 11.9 Å². The van der Waals surface area contributed by atoms with E-state index in [1.165, 1.54) is 18.3 Å². The number of halogens is 3. The fourth-order valence-corrected chi connectivity index (χ4v) is 3.23. The summed E-state index contributed by atoms with van der Waals surface area (Å²) in [7, 11) is 0. The summed E-state index contributed by atoms with van der Waals surface area (Å²) in [5.41, 5.74) is 1.72. The van der Waals surface area contributed by atoms with Gasteiger partial charge in [0.05, 0.1) is 24.1 Å². The van der Waals surface area contributed by atoms with Gasteiger partial charge < -0.3 is 19.9 Å². The van der Waals surface area contributed by atoms with E-state index >= 15 is 0 Å². The molecule has 0 spiro atoms. The standard InChI is InChI=1S/C19H20F3N3O4/c1-11-15(10-24-25-17(11)18(26)27)23-9-14-3-2-4-16(28-14)12-5-7-13(8-6-12)29-19(20,21)22/h5-8,10,14,16H,2-4,9H2,1H3,(H,23,25)(H,26,27)/t14-,16+/m1/s1. The van der Waals surface area contributed by atoms with Crippen molar-refractivity contribution < 1.29 is 32.5 Å². The number of anilines is 1. The first-order chi connectivity index (χ1) is 13.7. The highest BCUT2D eigenvalue weighted by molar-refractivity contribution is 5.88. The second kappa shape index (κ2) is 8.64. The van der Waals surface area contributed by atoms with Gasteiger partial charge in [-0.15, -0.1) is 18.3 Å². The Morgan fingerprint density at radius 2 is 2.03 bits per heavy atom. The van der Waals surface area contributed by atoms with Crippen LogP contribution in [0.4, 0.5) is 18.9 Å². The lowest BCUT2D eigenvalue weighted by atomic mass is 9.98. The highest BCUT2D eigenvalue weighted by atomic mass is 19.4. The molecule has 1 aliphatic heterocycles. The van der Waals surface area contributed by atoms with Gasteiger partial charge in [-0.2, -0.15) is 5.10 Å². The molecule has 29 heavy (non-hydrogen) atoms. The predicted molar refractivity (Wildman–Crippen MR) is 96.8 cm³/mol. The Kier molecular flexibility index (Phi) is 6.21. The number of hydrogen-bond acceptors (Lipinski definition) is 6. The summed E-state index contributed by atoms with van der Waals surface area (Å²) in [6.07, 6.45) is -1.17. The highest BCUT2D eigenvalue weighted by Crippen LogP contribution is 2.33. The fraction of sp³-hybridized carbons (Fsp3) is 0.421.